The molecule has 0 aliphatic carbocycles. The number of thioether (sulfide) groups is 4. The van der Waals surface area contributed by atoms with Gasteiger partial charge in [0.1, 0.15) is 47.1 Å². The zero-order valence-electron chi connectivity index (χ0n) is 28.7. The van der Waals surface area contributed by atoms with E-state index >= 15 is 0 Å². The third kappa shape index (κ3) is 15.6. The van der Waals surface area contributed by atoms with Crippen LogP contribution in [0, 0.1) is 0 Å². The Labute approximate surface area is 328 Å². The number of carboxylic acid groups (broad SMARTS) is 2. The molecule has 54 heavy (non-hydrogen) atoms. The zero-order valence-corrected chi connectivity index (χ0v) is 32.0. The molecule has 18 heteroatoms. The summed E-state index contributed by atoms with van der Waals surface area (Å²) in [5.41, 5.74) is 1.66. The third-order valence-corrected chi connectivity index (χ3v) is 12.8. The van der Waals surface area contributed by atoms with Crippen molar-refractivity contribution in [1.29, 1.82) is 0 Å². The molecular formula is C36H38O14S4. The normalized spacial score (nSPS) is 16.2. The minimum absolute atomic E-state index is 0.167. The molecule has 14 nitrogen and oxygen atoms in total. The molecule has 2 heterocycles. The van der Waals surface area contributed by atoms with E-state index in [2.05, 4.69) is 0 Å². The Morgan fingerprint density at radius 1 is 0.556 bits per heavy atom. The first-order valence-corrected chi connectivity index (χ1v) is 20.7. The Morgan fingerprint density at radius 2 is 0.907 bits per heavy atom. The van der Waals surface area contributed by atoms with Crippen molar-refractivity contribution >= 4 is 82.9 Å². The molecule has 2 aromatic carbocycles. The fourth-order valence-corrected chi connectivity index (χ4v) is 9.72. The topological polar surface area (TPSA) is 198 Å². The molecule has 2 aromatic rings. The van der Waals surface area contributed by atoms with Gasteiger partial charge in [-0.15, -0.1) is 47.0 Å². The highest BCUT2D eigenvalue weighted by Gasteiger charge is 2.27. The van der Waals surface area contributed by atoms with Crippen LogP contribution in [-0.2, 0) is 47.7 Å². The van der Waals surface area contributed by atoms with Crippen molar-refractivity contribution in [3.63, 3.8) is 0 Å². The molecule has 0 spiro atoms. The van der Waals surface area contributed by atoms with E-state index in [4.69, 9.17) is 38.6 Å². The zero-order chi connectivity index (χ0) is 38.7. The molecule has 2 aliphatic rings. The van der Waals surface area contributed by atoms with Crippen molar-refractivity contribution in [3.8, 4) is 22.6 Å². The summed E-state index contributed by atoms with van der Waals surface area (Å²) in [6, 6.07) is 14.0. The number of hydrogen-bond donors (Lipinski definition) is 2. The lowest BCUT2D eigenvalue weighted by Crippen LogP contribution is -2.32. The lowest BCUT2D eigenvalue weighted by atomic mass is 10.1. The molecule has 0 bridgehead atoms. The van der Waals surface area contributed by atoms with Crippen molar-refractivity contribution in [2.45, 2.75) is 34.2 Å². The highest BCUT2D eigenvalue weighted by Crippen LogP contribution is 2.32. The number of carbonyl (C=O) groups is 6. The maximum absolute atomic E-state index is 12.5. The number of rotatable bonds is 19. The van der Waals surface area contributed by atoms with E-state index < -0.39 is 48.0 Å². The molecule has 2 aliphatic heterocycles. The van der Waals surface area contributed by atoms with Gasteiger partial charge in [0.25, 0.3) is 0 Å². The molecule has 4 rings (SSSR count). The average molecular weight is 823 g/mol. The van der Waals surface area contributed by atoms with Crippen molar-refractivity contribution in [1.82, 2.24) is 0 Å². The van der Waals surface area contributed by atoms with Gasteiger partial charge in [-0.2, -0.15) is 0 Å². The largest absolute Gasteiger partial charge is 0.490 e. The number of ether oxygens (including phenoxy) is 6. The van der Waals surface area contributed by atoms with Crippen LogP contribution < -0.4 is 9.47 Å². The predicted molar refractivity (Wildman–Crippen MR) is 205 cm³/mol. The molecule has 0 saturated carbocycles. The summed E-state index contributed by atoms with van der Waals surface area (Å²) in [7, 11) is 0. The van der Waals surface area contributed by atoms with Gasteiger partial charge in [0.2, 0.25) is 0 Å². The first kappa shape index (κ1) is 42.5. The SMILES string of the molecule is O=C(O)/C=C\C(=O)OC(COC(=O)C1SCCCS1)COc1ccc(-c2ccc(OCC(COC(=O)C3SCCCS3)OC(=O)/C=C\C(=O)O)cc2)cc1. The molecule has 2 unspecified atom stereocenters. The van der Waals surface area contributed by atoms with E-state index in [9.17, 15) is 28.8 Å². The van der Waals surface area contributed by atoms with Gasteiger partial charge >= 0.3 is 35.8 Å². The summed E-state index contributed by atoms with van der Waals surface area (Å²) in [5.74, 6) is -1.10. The van der Waals surface area contributed by atoms with Crippen LogP contribution in [0.15, 0.2) is 72.8 Å². The van der Waals surface area contributed by atoms with Crippen LogP contribution in [-0.4, -0.2) is 117 Å². The maximum atomic E-state index is 12.5. The van der Waals surface area contributed by atoms with Crippen molar-refractivity contribution < 1.29 is 67.4 Å². The van der Waals surface area contributed by atoms with Crippen LogP contribution in [0.4, 0.5) is 0 Å². The third-order valence-electron chi connectivity index (χ3n) is 7.07. The van der Waals surface area contributed by atoms with E-state index in [1.807, 2.05) is 0 Å². The number of benzene rings is 2. The molecule has 0 radical (unpaired) electrons. The standard InChI is InChI=1S/C36H38O14S4/c37-29(38)11-13-31(41)49-27(21-47-33(43)35-51-15-1-16-52-35)19-45-25-7-3-23(4-8-25)24-5-9-26(10-6-24)46-20-28(50-32(42)14-12-30(39)40)22-48-34(44)36-53-17-2-18-54-36/h3-14,27-28,35-36H,1-2,15-22H2,(H,37,38)(H,39,40)/b13-11-,14-12-. The summed E-state index contributed by atoms with van der Waals surface area (Å²) in [6.45, 7) is -0.880. The predicted octanol–water partition coefficient (Wildman–Crippen LogP) is 4.70. The first-order chi connectivity index (χ1) is 26.0. The molecule has 2 fully saturated rings. The van der Waals surface area contributed by atoms with Gasteiger partial charge in [-0.1, -0.05) is 24.3 Å². The number of carboxylic acids is 2. The second-order valence-corrected chi connectivity index (χ2v) is 16.7. The lowest BCUT2D eigenvalue weighted by Gasteiger charge is -2.22. The molecular weight excluding hydrogens is 785 g/mol. The summed E-state index contributed by atoms with van der Waals surface area (Å²) < 4.78 is 32.3. The molecule has 2 N–H and O–H groups in total. The van der Waals surface area contributed by atoms with E-state index in [0.29, 0.717) is 23.7 Å². The van der Waals surface area contributed by atoms with E-state index in [0.717, 1.165) is 59.1 Å². The van der Waals surface area contributed by atoms with E-state index in [-0.39, 0.29) is 35.6 Å². The summed E-state index contributed by atoms with van der Waals surface area (Å²) in [6.07, 6.45) is 2.81. The van der Waals surface area contributed by atoms with Crippen LogP contribution in [0.5, 0.6) is 11.5 Å². The highest BCUT2D eigenvalue weighted by atomic mass is 32.2. The Hall–Kier alpha value is -4.26. The van der Waals surface area contributed by atoms with Gasteiger partial charge in [0.15, 0.2) is 12.2 Å². The summed E-state index contributed by atoms with van der Waals surface area (Å²) in [5, 5.41) is 17.6. The number of carbonyl (C=O) groups excluding carboxylic acids is 4. The number of hydrogen-bond acceptors (Lipinski definition) is 16. The summed E-state index contributed by atoms with van der Waals surface area (Å²) >= 11 is 5.96. The van der Waals surface area contributed by atoms with E-state index in [1.165, 1.54) is 47.0 Å². The van der Waals surface area contributed by atoms with Gasteiger partial charge in [-0.05, 0) is 71.2 Å². The van der Waals surface area contributed by atoms with Crippen molar-refractivity contribution in [2.24, 2.45) is 0 Å². The van der Waals surface area contributed by atoms with Crippen LogP contribution in [0.3, 0.4) is 0 Å². The van der Waals surface area contributed by atoms with Crippen molar-refractivity contribution in [3.05, 3.63) is 72.8 Å². The Balaban J connectivity index is 1.31. The molecule has 0 aromatic heterocycles. The average Bonchev–Trinajstić information content (AvgIpc) is 3.19. The van der Waals surface area contributed by atoms with E-state index in [1.54, 1.807) is 48.5 Å². The van der Waals surface area contributed by atoms with Gasteiger partial charge in [-0.25, -0.2) is 28.8 Å². The molecule has 0 amide bonds. The fourth-order valence-electron chi connectivity index (χ4n) is 4.52. The van der Waals surface area contributed by atoms with Crippen LogP contribution >= 0.6 is 47.0 Å². The highest BCUT2D eigenvalue weighted by molar-refractivity contribution is 8.19. The second kappa shape index (κ2) is 22.8. The molecule has 2 saturated heterocycles. The minimum atomic E-state index is -1.32. The van der Waals surface area contributed by atoms with Gasteiger partial charge < -0.3 is 38.6 Å². The second-order valence-electron chi connectivity index (χ2n) is 11.2. The van der Waals surface area contributed by atoms with Gasteiger partial charge in [0, 0.05) is 24.3 Å². The monoisotopic (exact) mass is 822 g/mol. The maximum Gasteiger partial charge on any atom is 0.331 e. The Bertz CT molecular complexity index is 1510. The first-order valence-electron chi connectivity index (χ1n) is 16.5. The smallest absolute Gasteiger partial charge is 0.331 e. The molecule has 290 valence electrons. The Kier molecular flexibility index (Phi) is 18.0. The van der Waals surface area contributed by atoms with Gasteiger partial charge in [0.05, 0.1) is 0 Å². The minimum Gasteiger partial charge on any atom is -0.490 e. The van der Waals surface area contributed by atoms with Crippen molar-refractivity contribution in [2.75, 3.05) is 49.4 Å². The lowest BCUT2D eigenvalue weighted by molar-refractivity contribution is -0.156. The van der Waals surface area contributed by atoms with Crippen LogP contribution in [0.1, 0.15) is 12.8 Å². The van der Waals surface area contributed by atoms with Crippen LogP contribution in [0.2, 0.25) is 0 Å². The van der Waals surface area contributed by atoms with Crippen LogP contribution in [0.25, 0.3) is 11.1 Å². The number of aliphatic carboxylic acids is 2. The fraction of sp³-hybridized carbons (Fsp3) is 0.389. The van der Waals surface area contributed by atoms with Gasteiger partial charge in [-0.3, -0.25) is 0 Å². The summed E-state index contributed by atoms with van der Waals surface area (Å²) in [4.78, 5) is 71.0. The quantitative estimate of drug-likeness (QED) is 0.112. The Morgan fingerprint density at radius 3 is 1.24 bits per heavy atom. The molecule has 2 atom stereocenters. The number of esters is 4.